The normalized spacial score (nSPS) is 40.2. The molecule has 1 aliphatic heterocycles. The van der Waals surface area contributed by atoms with Crippen molar-refractivity contribution in [3.05, 3.63) is 0 Å². The summed E-state index contributed by atoms with van der Waals surface area (Å²) in [5, 5.41) is 3.55. The third-order valence-corrected chi connectivity index (χ3v) is 3.01. The average molecular weight is 169 g/mol. The van der Waals surface area contributed by atoms with Gasteiger partial charge < -0.3 is 10.1 Å². The van der Waals surface area contributed by atoms with Crippen molar-refractivity contribution in [1.29, 1.82) is 0 Å². The minimum absolute atomic E-state index is 0.562. The molecule has 0 amide bonds. The lowest BCUT2D eigenvalue weighted by Crippen LogP contribution is -2.22. The van der Waals surface area contributed by atoms with E-state index in [2.05, 4.69) is 12.2 Å². The summed E-state index contributed by atoms with van der Waals surface area (Å²) in [7, 11) is 0. The first kappa shape index (κ1) is 8.52. The molecule has 1 saturated heterocycles. The van der Waals surface area contributed by atoms with Crippen LogP contribution >= 0.6 is 0 Å². The number of rotatable bonds is 4. The van der Waals surface area contributed by atoms with Gasteiger partial charge in [-0.25, -0.2) is 0 Å². The van der Waals surface area contributed by atoms with E-state index in [0.29, 0.717) is 6.10 Å². The van der Waals surface area contributed by atoms with E-state index in [0.717, 1.165) is 25.1 Å². The molecule has 2 heteroatoms. The molecule has 1 aliphatic carbocycles. The molecule has 1 heterocycles. The summed E-state index contributed by atoms with van der Waals surface area (Å²) < 4.78 is 5.54. The second-order valence-corrected chi connectivity index (χ2v) is 4.20. The Morgan fingerprint density at radius 3 is 2.92 bits per heavy atom. The van der Waals surface area contributed by atoms with Crippen LogP contribution in [0.5, 0.6) is 0 Å². The molecule has 70 valence electrons. The third-order valence-electron chi connectivity index (χ3n) is 3.01. The Labute approximate surface area is 74.7 Å². The topological polar surface area (TPSA) is 21.3 Å². The van der Waals surface area contributed by atoms with Crippen LogP contribution in [0.25, 0.3) is 0 Å². The molecule has 1 N–H and O–H groups in total. The van der Waals surface area contributed by atoms with Gasteiger partial charge in [0.05, 0.1) is 6.10 Å². The molecule has 0 aromatic carbocycles. The molecule has 2 aliphatic rings. The van der Waals surface area contributed by atoms with E-state index in [-0.39, 0.29) is 0 Å². The predicted molar refractivity (Wildman–Crippen MR) is 49.2 cm³/mol. The Morgan fingerprint density at radius 2 is 2.33 bits per heavy atom. The summed E-state index contributed by atoms with van der Waals surface area (Å²) >= 11 is 0. The quantitative estimate of drug-likeness (QED) is 0.689. The van der Waals surface area contributed by atoms with Crippen molar-refractivity contribution in [2.45, 2.75) is 44.8 Å². The van der Waals surface area contributed by atoms with Gasteiger partial charge >= 0.3 is 0 Å². The van der Waals surface area contributed by atoms with Gasteiger partial charge in [-0.3, -0.25) is 0 Å². The molecular weight excluding hydrogens is 150 g/mol. The molecule has 0 aromatic rings. The number of hydrogen-bond acceptors (Lipinski definition) is 2. The number of ether oxygens (including phenoxy) is 1. The highest BCUT2D eigenvalue weighted by Gasteiger charge is 2.31. The van der Waals surface area contributed by atoms with E-state index >= 15 is 0 Å². The van der Waals surface area contributed by atoms with Gasteiger partial charge in [-0.1, -0.05) is 6.92 Å². The highest BCUT2D eigenvalue weighted by atomic mass is 16.5. The van der Waals surface area contributed by atoms with Gasteiger partial charge in [0.15, 0.2) is 0 Å². The summed E-state index contributed by atoms with van der Waals surface area (Å²) in [6, 6.07) is 0.825. The van der Waals surface area contributed by atoms with Crippen LogP contribution in [0, 0.1) is 5.92 Å². The summed E-state index contributed by atoms with van der Waals surface area (Å²) in [6.07, 6.45) is 5.70. The molecule has 0 spiro atoms. The molecule has 2 rings (SSSR count). The summed E-state index contributed by atoms with van der Waals surface area (Å²) in [5.41, 5.74) is 0. The maximum Gasteiger partial charge on any atom is 0.0588 e. The Morgan fingerprint density at radius 1 is 1.50 bits per heavy atom. The van der Waals surface area contributed by atoms with Crippen LogP contribution in [-0.2, 0) is 4.74 Å². The molecule has 0 bridgehead atoms. The molecule has 3 atom stereocenters. The lowest BCUT2D eigenvalue weighted by Gasteiger charge is -2.09. The van der Waals surface area contributed by atoms with Gasteiger partial charge in [-0.2, -0.15) is 0 Å². The first-order chi connectivity index (χ1) is 5.86. The van der Waals surface area contributed by atoms with Crippen molar-refractivity contribution >= 4 is 0 Å². The molecule has 2 fully saturated rings. The van der Waals surface area contributed by atoms with Crippen LogP contribution in [-0.4, -0.2) is 25.3 Å². The Balaban J connectivity index is 1.51. The van der Waals surface area contributed by atoms with Crippen molar-refractivity contribution < 1.29 is 4.74 Å². The monoisotopic (exact) mass is 169 g/mol. The molecule has 1 saturated carbocycles. The van der Waals surface area contributed by atoms with E-state index in [1.807, 2.05) is 0 Å². The molecular formula is C10H19NO. The average Bonchev–Trinajstić information content (AvgIpc) is 2.58. The van der Waals surface area contributed by atoms with Crippen LogP contribution in [0.1, 0.15) is 32.6 Å². The van der Waals surface area contributed by atoms with Crippen molar-refractivity contribution in [2.24, 2.45) is 5.92 Å². The van der Waals surface area contributed by atoms with Crippen LogP contribution < -0.4 is 5.32 Å². The fourth-order valence-electron chi connectivity index (χ4n) is 1.91. The largest absolute Gasteiger partial charge is 0.378 e. The second kappa shape index (κ2) is 3.75. The summed E-state index contributed by atoms with van der Waals surface area (Å²) in [5.74, 6) is 0.925. The third kappa shape index (κ3) is 2.20. The predicted octanol–water partition coefficient (Wildman–Crippen LogP) is 1.55. The van der Waals surface area contributed by atoms with Crippen molar-refractivity contribution in [2.75, 3.05) is 13.2 Å². The number of hydrogen-bond donors (Lipinski definition) is 1. The minimum Gasteiger partial charge on any atom is -0.378 e. The van der Waals surface area contributed by atoms with Gasteiger partial charge in [0, 0.05) is 12.6 Å². The SMILES string of the molecule is CC1CC1NCCC1CCCO1. The van der Waals surface area contributed by atoms with E-state index in [1.165, 1.54) is 25.7 Å². The van der Waals surface area contributed by atoms with Crippen molar-refractivity contribution in [1.82, 2.24) is 5.32 Å². The van der Waals surface area contributed by atoms with Crippen molar-refractivity contribution in [3.63, 3.8) is 0 Å². The van der Waals surface area contributed by atoms with Crippen molar-refractivity contribution in [3.8, 4) is 0 Å². The van der Waals surface area contributed by atoms with E-state index < -0.39 is 0 Å². The summed E-state index contributed by atoms with van der Waals surface area (Å²) in [6.45, 7) is 4.45. The van der Waals surface area contributed by atoms with Gasteiger partial charge in [0.2, 0.25) is 0 Å². The molecule has 0 aromatic heterocycles. The van der Waals surface area contributed by atoms with E-state index in [9.17, 15) is 0 Å². The lowest BCUT2D eigenvalue weighted by molar-refractivity contribution is 0.104. The van der Waals surface area contributed by atoms with Gasteiger partial charge in [0.1, 0.15) is 0 Å². The zero-order valence-electron chi connectivity index (χ0n) is 7.88. The van der Waals surface area contributed by atoms with Crippen LogP contribution in [0.4, 0.5) is 0 Å². The number of nitrogens with one attached hydrogen (secondary N) is 1. The van der Waals surface area contributed by atoms with Crippen LogP contribution in [0.15, 0.2) is 0 Å². The highest BCUT2D eigenvalue weighted by Crippen LogP contribution is 2.29. The second-order valence-electron chi connectivity index (χ2n) is 4.20. The zero-order valence-corrected chi connectivity index (χ0v) is 7.88. The molecule has 2 nitrogen and oxygen atoms in total. The zero-order chi connectivity index (χ0) is 8.39. The van der Waals surface area contributed by atoms with Crippen LogP contribution in [0.2, 0.25) is 0 Å². The van der Waals surface area contributed by atoms with Crippen LogP contribution in [0.3, 0.4) is 0 Å². The smallest absolute Gasteiger partial charge is 0.0588 e. The summed E-state index contributed by atoms with van der Waals surface area (Å²) in [4.78, 5) is 0. The van der Waals surface area contributed by atoms with Gasteiger partial charge in [-0.15, -0.1) is 0 Å². The van der Waals surface area contributed by atoms with Gasteiger partial charge in [-0.05, 0) is 38.1 Å². The lowest BCUT2D eigenvalue weighted by atomic mass is 10.2. The first-order valence-electron chi connectivity index (χ1n) is 5.21. The fourth-order valence-corrected chi connectivity index (χ4v) is 1.91. The van der Waals surface area contributed by atoms with E-state index in [4.69, 9.17) is 4.74 Å². The van der Waals surface area contributed by atoms with Gasteiger partial charge in [0.25, 0.3) is 0 Å². The minimum atomic E-state index is 0.562. The van der Waals surface area contributed by atoms with E-state index in [1.54, 1.807) is 0 Å². The fraction of sp³-hybridized carbons (Fsp3) is 1.00. The maximum atomic E-state index is 5.54. The Bertz CT molecular complexity index is 143. The maximum absolute atomic E-state index is 5.54. The molecule has 3 unspecified atom stereocenters. The highest BCUT2D eigenvalue weighted by molar-refractivity contribution is 4.89. The molecule has 0 radical (unpaired) electrons. The Hall–Kier alpha value is -0.0800. The Kier molecular flexibility index (Phi) is 2.66. The standard InChI is InChI=1S/C10H19NO/c1-8-7-10(8)11-5-4-9-3-2-6-12-9/h8-11H,2-7H2,1H3. The first-order valence-corrected chi connectivity index (χ1v) is 5.21. The molecule has 12 heavy (non-hydrogen) atoms.